The molecule has 6 nitrogen and oxygen atoms in total. The minimum absolute atomic E-state index is 0.0247. The number of aromatic hydroxyl groups is 1. The largest absolute Gasteiger partial charge is 0.507 e. The van der Waals surface area contributed by atoms with Crippen LogP contribution in [0.1, 0.15) is 43.0 Å². The van der Waals surface area contributed by atoms with Crippen LogP contribution in [0.4, 0.5) is 26.3 Å². The van der Waals surface area contributed by atoms with E-state index in [0.29, 0.717) is 18.2 Å². The Balaban J connectivity index is 2.37. The van der Waals surface area contributed by atoms with Crippen LogP contribution < -0.4 is 14.2 Å². The van der Waals surface area contributed by atoms with E-state index in [0.717, 1.165) is 18.2 Å². The molecule has 0 aliphatic carbocycles. The first-order chi connectivity index (χ1) is 17.3. The number of alkyl halides is 6. The fraction of sp³-hybridized carbons (Fsp3) is 0.200. The van der Waals surface area contributed by atoms with Gasteiger partial charge in [0.05, 0.1) is 38.0 Å². The number of phenols is 1. The standard InChI is InChI=1S/C25H18F6O6/c1-35-16-10-11-17(36-2)23(37-3)20(16)22(34)18-12(6-4-9-15(18)32)21(33)19-13(24(26,27)28)7-5-8-14(19)25(29,30)31/h4-11,32H,1-3H3. The fourth-order valence-electron chi connectivity index (χ4n) is 3.79. The summed E-state index contributed by atoms with van der Waals surface area (Å²) in [5, 5.41) is 10.5. The second-order valence-electron chi connectivity index (χ2n) is 7.46. The van der Waals surface area contributed by atoms with E-state index in [1.165, 1.54) is 33.5 Å². The minimum atomic E-state index is -5.34. The molecule has 0 aliphatic heterocycles. The van der Waals surface area contributed by atoms with Gasteiger partial charge in [-0.3, -0.25) is 9.59 Å². The summed E-state index contributed by atoms with van der Waals surface area (Å²) in [7, 11) is 3.60. The van der Waals surface area contributed by atoms with Gasteiger partial charge in [-0.25, -0.2) is 0 Å². The van der Waals surface area contributed by atoms with Gasteiger partial charge in [0.25, 0.3) is 0 Å². The molecule has 0 spiro atoms. The van der Waals surface area contributed by atoms with Gasteiger partial charge in [0.1, 0.15) is 17.1 Å². The molecular weight excluding hydrogens is 510 g/mol. The first-order valence-corrected chi connectivity index (χ1v) is 10.3. The van der Waals surface area contributed by atoms with Crippen molar-refractivity contribution >= 4 is 11.6 Å². The highest BCUT2D eigenvalue weighted by Crippen LogP contribution is 2.43. The molecule has 0 fully saturated rings. The molecule has 1 N–H and O–H groups in total. The third-order valence-electron chi connectivity index (χ3n) is 5.37. The maximum absolute atomic E-state index is 13.7. The first-order valence-electron chi connectivity index (χ1n) is 10.3. The lowest BCUT2D eigenvalue weighted by Gasteiger charge is -2.20. The lowest BCUT2D eigenvalue weighted by molar-refractivity contribution is -0.143. The molecule has 12 heteroatoms. The molecule has 0 saturated heterocycles. The van der Waals surface area contributed by atoms with Gasteiger partial charge in [0.15, 0.2) is 17.3 Å². The highest BCUT2D eigenvalue weighted by atomic mass is 19.4. The van der Waals surface area contributed by atoms with E-state index in [-0.39, 0.29) is 22.8 Å². The number of hydrogen-bond acceptors (Lipinski definition) is 6. The number of halogens is 6. The van der Waals surface area contributed by atoms with Crippen LogP contribution in [-0.2, 0) is 12.4 Å². The second-order valence-corrected chi connectivity index (χ2v) is 7.46. The van der Waals surface area contributed by atoms with Crippen molar-refractivity contribution in [3.05, 3.63) is 81.9 Å². The number of hydrogen-bond donors (Lipinski definition) is 1. The zero-order chi connectivity index (χ0) is 27.7. The number of benzene rings is 3. The zero-order valence-electron chi connectivity index (χ0n) is 19.4. The molecule has 37 heavy (non-hydrogen) atoms. The number of carbonyl (C=O) groups is 2. The van der Waals surface area contributed by atoms with Crippen LogP contribution in [0.15, 0.2) is 48.5 Å². The average molecular weight is 528 g/mol. The van der Waals surface area contributed by atoms with Crippen molar-refractivity contribution in [1.29, 1.82) is 0 Å². The Kier molecular flexibility index (Phi) is 7.42. The van der Waals surface area contributed by atoms with E-state index in [1.807, 2.05) is 0 Å². The van der Waals surface area contributed by atoms with E-state index in [9.17, 15) is 41.0 Å². The summed E-state index contributed by atoms with van der Waals surface area (Å²) in [6.07, 6.45) is -10.7. The van der Waals surface area contributed by atoms with Crippen molar-refractivity contribution in [2.75, 3.05) is 21.3 Å². The molecule has 3 rings (SSSR count). The van der Waals surface area contributed by atoms with Gasteiger partial charge in [-0.15, -0.1) is 0 Å². The van der Waals surface area contributed by atoms with Crippen LogP contribution >= 0.6 is 0 Å². The Labute approximate surface area is 206 Å². The molecule has 3 aromatic rings. The maximum Gasteiger partial charge on any atom is 0.417 e. The summed E-state index contributed by atoms with van der Waals surface area (Å²) >= 11 is 0. The Morgan fingerprint density at radius 2 is 1.16 bits per heavy atom. The lowest BCUT2D eigenvalue weighted by atomic mass is 9.88. The van der Waals surface area contributed by atoms with Crippen molar-refractivity contribution in [3.8, 4) is 23.0 Å². The molecule has 0 bridgehead atoms. The van der Waals surface area contributed by atoms with Crippen LogP contribution in [0.3, 0.4) is 0 Å². The lowest BCUT2D eigenvalue weighted by Crippen LogP contribution is -2.22. The molecule has 0 atom stereocenters. The van der Waals surface area contributed by atoms with Crippen molar-refractivity contribution in [2.45, 2.75) is 12.4 Å². The molecule has 0 aromatic heterocycles. The third-order valence-corrected chi connectivity index (χ3v) is 5.37. The normalized spacial score (nSPS) is 11.7. The summed E-state index contributed by atoms with van der Waals surface area (Å²) in [5.41, 5.74) is -7.58. The predicted octanol–water partition coefficient (Wildman–Crippen LogP) is 5.92. The number of carbonyl (C=O) groups excluding carboxylic acids is 2. The predicted molar refractivity (Wildman–Crippen MR) is 118 cm³/mol. The van der Waals surface area contributed by atoms with Gasteiger partial charge >= 0.3 is 12.4 Å². The minimum Gasteiger partial charge on any atom is -0.507 e. The number of rotatable bonds is 7. The summed E-state index contributed by atoms with van der Waals surface area (Å²) in [4.78, 5) is 27.0. The van der Waals surface area contributed by atoms with Crippen molar-refractivity contribution in [2.24, 2.45) is 0 Å². The average Bonchev–Trinajstić information content (AvgIpc) is 2.85. The highest BCUT2D eigenvalue weighted by molar-refractivity contribution is 6.23. The van der Waals surface area contributed by atoms with Crippen molar-refractivity contribution < 1.29 is 55.2 Å². The molecule has 3 aromatic carbocycles. The monoisotopic (exact) mass is 528 g/mol. The van der Waals surface area contributed by atoms with Crippen LogP contribution in [0.25, 0.3) is 0 Å². The van der Waals surface area contributed by atoms with Gasteiger partial charge in [-0.05, 0) is 30.3 Å². The van der Waals surface area contributed by atoms with Crippen molar-refractivity contribution in [1.82, 2.24) is 0 Å². The molecular formula is C25H18F6O6. The van der Waals surface area contributed by atoms with Gasteiger partial charge in [0, 0.05) is 11.1 Å². The molecule has 0 amide bonds. The van der Waals surface area contributed by atoms with Gasteiger partial charge < -0.3 is 19.3 Å². The van der Waals surface area contributed by atoms with Crippen LogP contribution in [0, 0.1) is 0 Å². The summed E-state index contributed by atoms with van der Waals surface area (Å²) in [6, 6.07) is 6.61. The van der Waals surface area contributed by atoms with Gasteiger partial charge in [-0.1, -0.05) is 18.2 Å². The summed E-state index contributed by atoms with van der Waals surface area (Å²) in [5.74, 6) is -4.14. The van der Waals surface area contributed by atoms with Crippen LogP contribution in [0.5, 0.6) is 23.0 Å². The van der Waals surface area contributed by atoms with Crippen molar-refractivity contribution in [3.63, 3.8) is 0 Å². The van der Waals surface area contributed by atoms with E-state index >= 15 is 0 Å². The van der Waals surface area contributed by atoms with E-state index in [4.69, 9.17) is 14.2 Å². The van der Waals surface area contributed by atoms with Crippen LogP contribution in [-0.4, -0.2) is 38.0 Å². The molecule has 0 aliphatic rings. The number of phenolic OH excluding ortho intramolecular Hbond substituents is 1. The Morgan fingerprint density at radius 1 is 0.649 bits per heavy atom. The highest BCUT2D eigenvalue weighted by Gasteiger charge is 2.43. The molecule has 0 saturated carbocycles. The first kappa shape index (κ1) is 27.4. The number of methoxy groups -OCH3 is 3. The van der Waals surface area contributed by atoms with Gasteiger partial charge in [-0.2, -0.15) is 26.3 Å². The van der Waals surface area contributed by atoms with E-state index < -0.39 is 57.5 Å². The third kappa shape index (κ3) is 5.04. The quantitative estimate of drug-likeness (QED) is 0.303. The summed E-state index contributed by atoms with van der Waals surface area (Å²) < 4.78 is 97.7. The Hall–Kier alpha value is -4.22. The van der Waals surface area contributed by atoms with Gasteiger partial charge in [0.2, 0.25) is 5.78 Å². The fourth-order valence-corrected chi connectivity index (χ4v) is 3.79. The Bertz CT molecular complexity index is 1330. The van der Waals surface area contributed by atoms with Crippen LogP contribution in [0.2, 0.25) is 0 Å². The number of ether oxygens (including phenoxy) is 3. The molecule has 0 heterocycles. The molecule has 0 unspecified atom stereocenters. The molecule has 0 radical (unpaired) electrons. The van der Waals surface area contributed by atoms with E-state index in [2.05, 4.69) is 0 Å². The summed E-state index contributed by atoms with van der Waals surface area (Å²) in [6.45, 7) is 0. The SMILES string of the molecule is COc1ccc(OC)c(C(=O)c2c(O)cccc2C(=O)c2c(C(F)(F)F)cccc2C(F)(F)F)c1OC. The number of ketones is 2. The zero-order valence-corrected chi connectivity index (χ0v) is 19.4. The smallest absolute Gasteiger partial charge is 0.417 e. The second kappa shape index (κ2) is 10.0. The topological polar surface area (TPSA) is 82.1 Å². The Morgan fingerprint density at radius 3 is 1.65 bits per heavy atom. The maximum atomic E-state index is 13.7. The van der Waals surface area contributed by atoms with E-state index in [1.54, 1.807) is 0 Å². The molecule has 196 valence electrons.